The number of hydrogen-bond donors (Lipinski definition) is 1. The Morgan fingerprint density at radius 2 is 2.20 bits per heavy atom. The second kappa shape index (κ2) is 7.04. The minimum Gasteiger partial charge on any atom is -0.465 e. The van der Waals surface area contributed by atoms with Crippen LogP contribution in [0.3, 0.4) is 0 Å². The van der Waals surface area contributed by atoms with Crippen LogP contribution in [0.4, 0.5) is 0 Å². The molecule has 0 aromatic carbocycles. The molecular weight excluding hydrogens is 324 g/mol. The number of methoxy groups -OCH3 is 2. The number of carbonyl (C=O) groups excluding carboxylic acids is 1. The molecule has 0 saturated carbocycles. The number of esters is 1. The molecule has 8 nitrogen and oxygen atoms in total. The second-order valence-corrected chi connectivity index (χ2v) is 5.75. The SMILES string of the molecule is COC[C@@H](O)Cn1cc(-c2ccn3ncc(C(=O)OC)c3c2)c(C)n1. The van der Waals surface area contributed by atoms with Crippen LogP contribution >= 0.6 is 0 Å². The van der Waals surface area contributed by atoms with Crippen LogP contribution < -0.4 is 0 Å². The van der Waals surface area contributed by atoms with Gasteiger partial charge in [0.15, 0.2) is 0 Å². The minimum absolute atomic E-state index is 0.249. The Bertz CT molecular complexity index is 899. The maximum Gasteiger partial charge on any atom is 0.341 e. The molecule has 0 unspecified atom stereocenters. The number of ether oxygens (including phenoxy) is 2. The summed E-state index contributed by atoms with van der Waals surface area (Å²) in [5.74, 6) is -0.428. The number of pyridine rings is 1. The van der Waals surface area contributed by atoms with Gasteiger partial charge in [-0.1, -0.05) is 0 Å². The Morgan fingerprint density at radius 3 is 2.92 bits per heavy atom. The van der Waals surface area contributed by atoms with Crippen molar-refractivity contribution < 1.29 is 19.4 Å². The van der Waals surface area contributed by atoms with E-state index in [4.69, 9.17) is 9.47 Å². The highest BCUT2D eigenvalue weighted by Crippen LogP contribution is 2.25. The monoisotopic (exact) mass is 344 g/mol. The smallest absolute Gasteiger partial charge is 0.341 e. The van der Waals surface area contributed by atoms with Crippen molar-refractivity contribution in [3.8, 4) is 11.1 Å². The quantitative estimate of drug-likeness (QED) is 0.678. The first-order valence-electron chi connectivity index (χ1n) is 7.80. The summed E-state index contributed by atoms with van der Waals surface area (Å²) < 4.78 is 13.0. The maximum absolute atomic E-state index is 11.9. The molecule has 132 valence electrons. The van der Waals surface area contributed by atoms with Gasteiger partial charge in [-0.3, -0.25) is 4.68 Å². The topological polar surface area (TPSA) is 90.9 Å². The largest absolute Gasteiger partial charge is 0.465 e. The molecule has 0 fully saturated rings. The van der Waals surface area contributed by atoms with Crippen molar-refractivity contribution in [3.05, 3.63) is 42.0 Å². The van der Waals surface area contributed by atoms with E-state index in [0.29, 0.717) is 17.6 Å². The lowest BCUT2D eigenvalue weighted by molar-refractivity contribution is 0.0513. The van der Waals surface area contributed by atoms with E-state index >= 15 is 0 Å². The molecule has 0 aliphatic rings. The average Bonchev–Trinajstić information content (AvgIpc) is 3.17. The first-order valence-corrected chi connectivity index (χ1v) is 7.80. The summed E-state index contributed by atoms with van der Waals surface area (Å²) >= 11 is 0. The summed E-state index contributed by atoms with van der Waals surface area (Å²) in [5, 5.41) is 18.5. The summed E-state index contributed by atoms with van der Waals surface area (Å²) in [7, 11) is 2.89. The van der Waals surface area contributed by atoms with Crippen molar-refractivity contribution in [2.45, 2.75) is 19.6 Å². The van der Waals surface area contributed by atoms with Crippen LogP contribution in [0, 0.1) is 6.92 Å². The highest BCUT2D eigenvalue weighted by molar-refractivity contribution is 5.97. The summed E-state index contributed by atoms with van der Waals surface area (Å²) in [4.78, 5) is 11.9. The standard InChI is InChI=1S/C17H20N4O4/c1-11-15(9-20(19-11)8-13(22)10-24-2)12-4-5-21-16(6-12)14(7-18-21)17(23)25-3/h4-7,9,13,22H,8,10H2,1-3H3/t13-/m0/s1. The van der Waals surface area contributed by atoms with Crippen LogP contribution in [-0.4, -0.2) is 57.4 Å². The van der Waals surface area contributed by atoms with E-state index in [2.05, 4.69) is 10.2 Å². The van der Waals surface area contributed by atoms with Crippen molar-refractivity contribution in [2.75, 3.05) is 20.8 Å². The predicted octanol–water partition coefficient (Wildman–Crippen LogP) is 1.30. The Labute approximate surface area is 144 Å². The Hall–Kier alpha value is -2.71. The molecule has 3 rings (SSSR count). The molecule has 0 amide bonds. The third kappa shape index (κ3) is 3.40. The van der Waals surface area contributed by atoms with Crippen molar-refractivity contribution in [1.82, 2.24) is 19.4 Å². The lowest BCUT2D eigenvalue weighted by Gasteiger charge is -2.08. The fourth-order valence-electron chi connectivity index (χ4n) is 2.77. The van der Waals surface area contributed by atoms with E-state index in [1.807, 2.05) is 25.3 Å². The normalized spacial score (nSPS) is 12.5. The van der Waals surface area contributed by atoms with Gasteiger partial charge in [0.1, 0.15) is 5.56 Å². The van der Waals surface area contributed by atoms with Crippen LogP contribution in [0.2, 0.25) is 0 Å². The zero-order valence-corrected chi connectivity index (χ0v) is 14.3. The number of rotatable bonds is 6. The third-order valence-electron chi connectivity index (χ3n) is 3.94. The van der Waals surface area contributed by atoms with Gasteiger partial charge >= 0.3 is 5.97 Å². The van der Waals surface area contributed by atoms with E-state index in [1.165, 1.54) is 13.3 Å². The van der Waals surface area contributed by atoms with Crippen molar-refractivity contribution in [3.63, 3.8) is 0 Å². The van der Waals surface area contributed by atoms with Crippen LogP contribution in [-0.2, 0) is 16.0 Å². The van der Waals surface area contributed by atoms with Crippen molar-refractivity contribution >= 4 is 11.5 Å². The van der Waals surface area contributed by atoms with Gasteiger partial charge in [-0.15, -0.1) is 0 Å². The van der Waals surface area contributed by atoms with E-state index in [9.17, 15) is 9.90 Å². The number of carbonyl (C=O) groups is 1. The van der Waals surface area contributed by atoms with Gasteiger partial charge in [0.05, 0.1) is 43.8 Å². The number of aromatic nitrogens is 4. The number of aliphatic hydroxyl groups is 1. The van der Waals surface area contributed by atoms with Gasteiger partial charge in [-0.25, -0.2) is 9.31 Å². The summed E-state index contributed by atoms with van der Waals surface area (Å²) in [6.07, 6.45) is 4.52. The molecule has 8 heteroatoms. The Kier molecular flexibility index (Phi) is 4.82. The van der Waals surface area contributed by atoms with Crippen molar-refractivity contribution in [1.29, 1.82) is 0 Å². The summed E-state index contributed by atoms with van der Waals surface area (Å²) in [5.41, 5.74) is 3.72. The number of aliphatic hydroxyl groups excluding tert-OH is 1. The van der Waals surface area contributed by atoms with E-state index in [1.54, 1.807) is 22.5 Å². The zero-order chi connectivity index (χ0) is 18.0. The summed E-state index contributed by atoms with van der Waals surface area (Å²) in [6, 6.07) is 3.78. The van der Waals surface area contributed by atoms with Crippen LogP contribution in [0.25, 0.3) is 16.6 Å². The molecule has 0 bridgehead atoms. The number of aryl methyl sites for hydroxylation is 1. The first kappa shape index (κ1) is 17.1. The van der Waals surface area contributed by atoms with Gasteiger partial charge in [0, 0.05) is 25.1 Å². The van der Waals surface area contributed by atoms with Crippen LogP contribution in [0.1, 0.15) is 16.1 Å². The Morgan fingerprint density at radius 1 is 1.40 bits per heavy atom. The number of nitrogens with zero attached hydrogens (tertiary/aromatic N) is 4. The first-order chi connectivity index (χ1) is 12.0. The average molecular weight is 344 g/mol. The van der Waals surface area contributed by atoms with Crippen LogP contribution in [0.15, 0.2) is 30.7 Å². The second-order valence-electron chi connectivity index (χ2n) is 5.75. The molecule has 1 N–H and O–H groups in total. The molecule has 0 spiro atoms. The highest BCUT2D eigenvalue weighted by atomic mass is 16.5. The molecule has 0 radical (unpaired) electrons. The summed E-state index contributed by atoms with van der Waals surface area (Å²) in [6.45, 7) is 2.49. The van der Waals surface area contributed by atoms with Crippen molar-refractivity contribution in [2.24, 2.45) is 0 Å². The molecule has 0 saturated heterocycles. The van der Waals surface area contributed by atoms with E-state index in [0.717, 1.165) is 16.8 Å². The van der Waals surface area contributed by atoms with Gasteiger partial charge in [0.2, 0.25) is 0 Å². The predicted molar refractivity (Wildman–Crippen MR) is 90.4 cm³/mol. The number of hydrogen-bond acceptors (Lipinski definition) is 6. The lowest BCUT2D eigenvalue weighted by atomic mass is 10.1. The van der Waals surface area contributed by atoms with Gasteiger partial charge < -0.3 is 14.6 Å². The van der Waals surface area contributed by atoms with Crippen LogP contribution in [0.5, 0.6) is 0 Å². The molecule has 3 heterocycles. The molecule has 0 aliphatic carbocycles. The Balaban J connectivity index is 1.96. The van der Waals surface area contributed by atoms with Gasteiger partial charge in [-0.2, -0.15) is 10.2 Å². The van der Waals surface area contributed by atoms with Gasteiger partial charge in [-0.05, 0) is 24.6 Å². The maximum atomic E-state index is 11.9. The van der Waals surface area contributed by atoms with Gasteiger partial charge in [0.25, 0.3) is 0 Å². The molecule has 3 aromatic heterocycles. The highest BCUT2D eigenvalue weighted by Gasteiger charge is 2.16. The van der Waals surface area contributed by atoms with E-state index < -0.39 is 12.1 Å². The third-order valence-corrected chi connectivity index (χ3v) is 3.94. The molecule has 1 atom stereocenters. The molecule has 25 heavy (non-hydrogen) atoms. The fraction of sp³-hybridized carbons (Fsp3) is 0.353. The number of fused-ring (bicyclic) bond motifs is 1. The zero-order valence-electron chi connectivity index (χ0n) is 14.3. The molecule has 3 aromatic rings. The lowest BCUT2D eigenvalue weighted by Crippen LogP contribution is -2.21. The molecule has 0 aliphatic heterocycles. The molecular formula is C17H20N4O4. The minimum atomic E-state index is -0.625. The fourth-order valence-corrected chi connectivity index (χ4v) is 2.77. The van der Waals surface area contributed by atoms with E-state index in [-0.39, 0.29) is 6.61 Å².